The third-order valence-corrected chi connectivity index (χ3v) is 4.64. The van der Waals surface area contributed by atoms with Gasteiger partial charge in [-0.25, -0.2) is 14.4 Å². The zero-order chi connectivity index (χ0) is 15.5. The highest BCUT2D eigenvalue weighted by Crippen LogP contribution is 2.49. The monoisotopic (exact) mass is 294 g/mol. The van der Waals surface area contributed by atoms with Crippen LogP contribution in [-0.2, 0) is 15.0 Å². The molecule has 1 aromatic heterocycles. The highest BCUT2D eigenvalue weighted by Gasteiger charge is 2.57. The molecule has 0 unspecified atom stereocenters. The van der Waals surface area contributed by atoms with E-state index in [1.54, 1.807) is 0 Å². The summed E-state index contributed by atoms with van der Waals surface area (Å²) < 4.78 is 31.9. The van der Waals surface area contributed by atoms with Crippen molar-refractivity contribution in [1.82, 2.24) is 9.97 Å². The average molecular weight is 294 g/mol. The zero-order valence-corrected chi connectivity index (χ0v) is 13.1. The van der Waals surface area contributed by atoms with Crippen molar-refractivity contribution in [2.75, 3.05) is 7.11 Å². The van der Waals surface area contributed by atoms with Gasteiger partial charge in [0.2, 0.25) is 5.88 Å². The van der Waals surface area contributed by atoms with Gasteiger partial charge in [0.15, 0.2) is 5.67 Å². The summed E-state index contributed by atoms with van der Waals surface area (Å²) in [6.07, 6.45) is 2.24. The van der Waals surface area contributed by atoms with Crippen LogP contribution in [0.15, 0.2) is 6.33 Å². The van der Waals surface area contributed by atoms with Crippen LogP contribution in [0.3, 0.4) is 0 Å². The Bertz CT molecular complexity index is 559. The van der Waals surface area contributed by atoms with Crippen molar-refractivity contribution in [2.45, 2.75) is 57.4 Å². The number of methoxy groups -OCH3 is 1. The first kappa shape index (κ1) is 14.7. The molecule has 2 fully saturated rings. The molecular formula is C14H20BFN2O3. The molecule has 0 radical (unpaired) electrons. The van der Waals surface area contributed by atoms with Crippen LogP contribution in [-0.4, -0.2) is 35.4 Å². The van der Waals surface area contributed by atoms with Crippen molar-refractivity contribution >= 4 is 12.6 Å². The Labute approximate surface area is 124 Å². The summed E-state index contributed by atoms with van der Waals surface area (Å²) in [5, 5.41) is 0. The summed E-state index contributed by atoms with van der Waals surface area (Å²) in [4.78, 5) is 8.21. The molecule has 114 valence electrons. The smallest absolute Gasteiger partial charge is 0.481 e. The molecule has 1 saturated heterocycles. The van der Waals surface area contributed by atoms with Crippen LogP contribution < -0.4 is 10.2 Å². The average Bonchev–Trinajstić information content (AvgIpc) is 3.10. The molecule has 1 aliphatic carbocycles. The molecular weight excluding hydrogens is 274 g/mol. The van der Waals surface area contributed by atoms with Gasteiger partial charge in [-0.1, -0.05) is 0 Å². The lowest BCUT2D eigenvalue weighted by atomic mass is 9.77. The van der Waals surface area contributed by atoms with Gasteiger partial charge in [-0.3, -0.25) is 0 Å². The van der Waals surface area contributed by atoms with Gasteiger partial charge in [0, 0.05) is 0 Å². The Hall–Kier alpha value is -1.21. The van der Waals surface area contributed by atoms with E-state index in [4.69, 9.17) is 14.0 Å². The third-order valence-electron chi connectivity index (χ3n) is 4.64. The fourth-order valence-corrected chi connectivity index (χ4v) is 2.42. The molecule has 2 heterocycles. The van der Waals surface area contributed by atoms with E-state index >= 15 is 0 Å². The fourth-order valence-electron chi connectivity index (χ4n) is 2.42. The number of aromatic nitrogens is 2. The van der Waals surface area contributed by atoms with Crippen LogP contribution in [0.4, 0.5) is 4.39 Å². The minimum Gasteiger partial charge on any atom is -0.481 e. The van der Waals surface area contributed by atoms with Crippen LogP contribution in [0.25, 0.3) is 0 Å². The standard InChI is InChI=1S/C14H20BFN2O3/c1-12(2)13(3,4)21-15(20-12)9-10(14(16)6-7-14)17-8-18-11(9)19-5/h8H,6-7H2,1-5H3. The normalized spacial score (nSPS) is 25.0. The molecule has 7 heteroatoms. The predicted octanol–water partition coefficient (Wildman–Crippen LogP) is 1.74. The summed E-state index contributed by atoms with van der Waals surface area (Å²) in [6, 6.07) is 0. The molecule has 0 amide bonds. The van der Waals surface area contributed by atoms with Crippen LogP contribution in [0.1, 0.15) is 46.2 Å². The van der Waals surface area contributed by atoms with E-state index in [1.165, 1.54) is 13.4 Å². The Morgan fingerprint density at radius 3 is 2.19 bits per heavy atom. The number of nitrogens with zero attached hydrogens (tertiary/aromatic N) is 2. The number of alkyl halides is 1. The molecule has 1 saturated carbocycles. The third kappa shape index (κ3) is 2.23. The Balaban J connectivity index is 2.06. The number of halogens is 1. The van der Waals surface area contributed by atoms with Gasteiger partial charge < -0.3 is 14.0 Å². The minimum absolute atomic E-state index is 0.308. The van der Waals surface area contributed by atoms with Gasteiger partial charge >= 0.3 is 7.12 Å². The molecule has 0 bridgehead atoms. The summed E-state index contributed by atoms with van der Waals surface area (Å²) in [5.74, 6) is 0.308. The lowest BCUT2D eigenvalue weighted by molar-refractivity contribution is 0.00578. The second-order valence-electron chi connectivity index (χ2n) is 6.70. The van der Waals surface area contributed by atoms with E-state index in [1.807, 2.05) is 27.7 Å². The van der Waals surface area contributed by atoms with Crippen molar-refractivity contribution in [3.8, 4) is 5.88 Å². The van der Waals surface area contributed by atoms with Gasteiger partial charge in [0.25, 0.3) is 0 Å². The maximum Gasteiger partial charge on any atom is 0.502 e. The summed E-state index contributed by atoms with van der Waals surface area (Å²) >= 11 is 0. The summed E-state index contributed by atoms with van der Waals surface area (Å²) in [5.41, 5.74) is -1.63. The van der Waals surface area contributed by atoms with Crippen molar-refractivity contribution < 1.29 is 18.4 Å². The van der Waals surface area contributed by atoms with Crippen LogP contribution in [0, 0.1) is 0 Å². The highest BCUT2D eigenvalue weighted by molar-refractivity contribution is 6.63. The number of hydrogen-bond donors (Lipinski definition) is 0. The second-order valence-corrected chi connectivity index (χ2v) is 6.70. The zero-order valence-electron chi connectivity index (χ0n) is 13.1. The largest absolute Gasteiger partial charge is 0.502 e. The van der Waals surface area contributed by atoms with E-state index in [9.17, 15) is 4.39 Å². The van der Waals surface area contributed by atoms with Gasteiger partial charge in [0.1, 0.15) is 6.33 Å². The first-order chi connectivity index (χ1) is 9.70. The van der Waals surface area contributed by atoms with E-state index in [0.29, 0.717) is 29.9 Å². The number of rotatable bonds is 3. The molecule has 21 heavy (non-hydrogen) atoms. The van der Waals surface area contributed by atoms with E-state index in [-0.39, 0.29) is 0 Å². The highest BCUT2D eigenvalue weighted by atomic mass is 19.1. The molecule has 0 spiro atoms. The topological polar surface area (TPSA) is 53.5 Å². The minimum atomic E-state index is -1.41. The molecule has 3 rings (SSSR count). The fraction of sp³-hybridized carbons (Fsp3) is 0.714. The van der Waals surface area contributed by atoms with Crippen LogP contribution in [0.5, 0.6) is 5.88 Å². The molecule has 5 nitrogen and oxygen atoms in total. The van der Waals surface area contributed by atoms with Gasteiger partial charge in [-0.15, -0.1) is 0 Å². The lowest BCUT2D eigenvalue weighted by Gasteiger charge is -2.32. The summed E-state index contributed by atoms with van der Waals surface area (Å²) in [6.45, 7) is 7.80. The van der Waals surface area contributed by atoms with E-state index in [2.05, 4.69) is 9.97 Å². The second kappa shape index (κ2) is 4.40. The maximum atomic E-state index is 14.6. The Morgan fingerprint density at radius 1 is 1.14 bits per heavy atom. The number of ether oxygens (including phenoxy) is 1. The van der Waals surface area contributed by atoms with Crippen molar-refractivity contribution in [1.29, 1.82) is 0 Å². The van der Waals surface area contributed by atoms with E-state index in [0.717, 1.165) is 0 Å². The molecule has 0 aromatic carbocycles. The first-order valence-corrected chi connectivity index (χ1v) is 7.14. The molecule has 0 N–H and O–H groups in total. The van der Waals surface area contributed by atoms with Gasteiger partial charge in [-0.2, -0.15) is 0 Å². The SMILES string of the molecule is COc1ncnc(C2(F)CC2)c1B1OC(C)(C)C(C)(C)O1. The molecule has 2 aliphatic rings. The Kier molecular flexibility index (Phi) is 3.08. The molecule has 1 aliphatic heterocycles. The van der Waals surface area contributed by atoms with Crippen LogP contribution >= 0.6 is 0 Å². The van der Waals surface area contributed by atoms with Crippen molar-refractivity contribution in [3.05, 3.63) is 12.0 Å². The lowest BCUT2D eigenvalue weighted by Crippen LogP contribution is -2.41. The molecule has 0 atom stereocenters. The van der Waals surface area contributed by atoms with Crippen molar-refractivity contribution in [2.24, 2.45) is 0 Å². The van der Waals surface area contributed by atoms with Gasteiger partial charge in [0.05, 0.1) is 29.5 Å². The van der Waals surface area contributed by atoms with E-state index < -0.39 is 24.0 Å². The van der Waals surface area contributed by atoms with Crippen LogP contribution in [0.2, 0.25) is 0 Å². The first-order valence-electron chi connectivity index (χ1n) is 7.14. The quantitative estimate of drug-likeness (QED) is 0.795. The molecule has 1 aromatic rings. The maximum absolute atomic E-state index is 14.6. The van der Waals surface area contributed by atoms with Gasteiger partial charge in [-0.05, 0) is 40.5 Å². The summed E-state index contributed by atoms with van der Waals surface area (Å²) in [7, 11) is 0.771. The van der Waals surface area contributed by atoms with Crippen molar-refractivity contribution in [3.63, 3.8) is 0 Å². The number of hydrogen-bond acceptors (Lipinski definition) is 5. The Morgan fingerprint density at radius 2 is 1.71 bits per heavy atom. The predicted molar refractivity (Wildman–Crippen MR) is 76.3 cm³/mol.